The van der Waals surface area contributed by atoms with Crippen LogP contribution < -0.4 is 9.64 Å². The monoisotopic (exact) mass is 557 g/mol. The molecule has 3 aromatic carbocycles. The van der Waals surface area contributed by atoms with Crippen LogP contribution in [0.1, 0.15) is 64.3 Å². The number of para-hydroxylation sites is 1. The summed E-state index contributed by atoms with van der Waals surface area (Å²) in [4.78, 5) is 30.7. The van der Waals surface area contributed by atoms with Crippen LogP contribution >= 0.6 is 0 Å². The molecule has 4 rings (SSSR count). The number of carboxylic acid groups (broad SMARTS) is 1. The molecule has 0 spiro atoms. The van der Waals surface area contributed by atoms with Gasteiger partial charge in [-0.1, -0.05) is 75.6 Å². The smallest absolute Gasteiger partial charge is 0.449 e. The number of aromatic nitrogens is 2. The van der Waals surface area contributed by atoms with E-state index in [1.807, 2.05) is 55.5 Å². The minimum atomic E-state index is -1.34. The lowest BCUT2D eigenvalue weighted by Crippen LogP contribution is -2.32. The molecule has 0 radical (unpaired) electrons. The number of unbranched alkanes of at least 4 members (excludes halogenated alkanes) is 3. The molecule has 1 N–H and O–H groups in total. The molecule has 0 atom stereocenters. The van der Waals surface area contributed by atoms with Gasteiger partial charge in [0, 0.05) is 30.8 Å². The predicted molar refractivity (Wildman–Crippen MR) is 162 cm³/mol. The molecule has 0 aliphatic carbocycles. The van der Waals surface area contributed by atoms with Crippen molar-refractivity contribution in [3.8, 4) is 16.9 Å². The summed E-state index contributed by atoms with van der Waals surface area (Å²) in [6, 6.07) is 21.1. The Morgan fingerprint density at radius 2 is 1.68 bits per heavy atom. The fraction of sp³-hybridized carbons (Fsp3) is 0.364. The van der Waals surface area contributed by atoms with Crippen LogP contribution in [0.2, 0.25) is 0 Å². The average Bonchev–Trinajstić information content (AvgIpc) is 3.31. The molecule has 0 saturated heterocycles. The lowest BCUT2D eigenvalue weighted by Gasteiger charge is -2.22. The number of amides is 1. The molecule has 0 aliphatic rings. The van der Waals surface area contributed by atoms with Gasteiger partial charge in [0.1, 0.15) is 11.6 Å². The lowest BCUT2D eigenvalue weighted by molar-refractivity contribution is 0.144. The van der Waals surface area contributed by atoms with Gasteiger partial charge in [0.2, 0.25) is 0 Å². The number of ether oxygens (including phenoxy) is 2. The second-order valence-corrected chi connectivity index (χ2v) is 10.0. The number of imidazole rings is 1. The summed E-state index contributed by atoms with van der Waals surface area (Å²) in [6.45, 7) is 7.68. The summed E-state index contributed by atoms with van der Waals surface area (Å²) in [5.74, 6) is 1.31. The molecule has 8 heteroatoms. The van der Waals surface area contributed by atoms with E-state index in [1.54, 1.807) is 17.0 Å². The summed E-state index contributed by atoms with van der Waals surface area (Å²) in [5, 5.41) is 9.11. The number of benzene rings is 3. The zero-order chi connectivity index (χ0) is 29.2. The average molecular weight is 558 g/mol. The molecule has 0 fully saturated rings. The van der Waals surface area contributed by atoms with Crippen molar-refractivity contribution >= 4 is 29.0 Å². The number of carbonyl (C=O) groups is 2. The molecule has 8 nitrogen and oxygen atoms in total. The number of rotatable bonds is 13. The Labute approximate surface area is 241 Å². The molecule has 1 amide bonds. The molecule has 41 heavy (non-hydrogen) atoms. The molecule has 216 valence electrons. The lowest BCUT2D eigenvalue weighted by atomic mass is 10.0. The minimum Gasteiger partial charge on any atom is -0.449 e. The Morgan fingerprint density at radius 1 is 0.927 bits per heavy atom. The third-order valence-corrected chi connectivity index (χ3v) is 7.04. The van der Waals surface area contributed by atoms with Gasteiger partial charge in [-0.25, -0.2) is 14.6 Å². The zero-order valence-corrected chi connectivity index (χ0v) is 24.1. The van der Waals surface area contributed by atoms with Gasteiger partial charge in [0.15, 0.2) is 0 Å². The van der Waals surface area contributed by atoms with E-state index in [-0.39, 0.29) is 6.09 Å². The molecule has 4 aromatic rings. The summed E-state index contributed by atoms with van der Waals surface area (Å²) in [6.07, 6.45) is 4.30. The van der Waals surface area contributed by atoms with E-state index in [4.69, 9.17) is 19.6 Å². The van der Waals surface area contributed by atoms with E-state index in [2.05, 4.69) is 24.5 Å². The molecule has 0 bridgehead atoms. The summed E-state index contributed by atoms with van der Waals surface area (Å²) in [7, 11) is 0. The summed E-state index contributed by atoms with van der Waals surface area (Å²) in [5.41, 5.74) is 5.34. The number of aryl methyl sites for hydroxylation is 1. The topological polar surface area (TPSA) is 93.9 Å². The second kappa shape index (κ2) is 14.3. The molecule has 0 unspecified atom stereocenters. The number of hydrogen-bond donors (Lipinski definition) is 1. The first kappa shape index (κ1) is 29.6. The second-order valence-electron chi connectivity index (χ2n) is 10.0. The van der Waals surface area contributed by atoms with Crippen LogP contribution in [0.5, 0.6) is 5.75 Å². The van der Waals surface area contributed by atoms with Crippen LogP contribution in [0.4, 0.5) is 15.3 Å². The van der Waals surface area contributed by atoms with Crippen molar-refractivity contribution in [2.24, 2.45) is 0 Å². The third-order valence-electron chi connectivity index (χ3n) is 7.04. The maximum Gasteiger partial charge on any atom is 0.511 e. The molecule has 0 saturated carbocycles. The first-order valence-electron chi connectivity index (χ1n) is 14.5. The Kier molecular flexibility index (Phi) is 10.4. The highest BCUT2D eigenvalue weighted by Gasteiger charge is 2.19. The van der Waals surface area contributed by atoms with Crippen molar-refractivity contribution in [3.05, 3.63) is 78.1 Å². The van der Waals surface area contributed by atoms with E-state index in [1.165, 1.54) is 0 Å². The SMILES string of the molecule is CCCCCN(C(=O)OCC)c1ccc2nc(CCCC)n(Cc3ccc(-c4ccccc4OC(=O)O)cc3)c2c1. The van der Waals surface area contributed by atoms with E-state index in [0.29, 0.717) is 31.0 Å². The Hall–Kier alpha value is -4.33. The number of fused-ring (bicyclic) bond motifs is 1. The maximum atomic E-state index is 12.9. The molecule has 1 heterocycles. The third kappa shape index (κ3) is 7.45. The van der Waals surface area contributed by atoms with Crippen molar-refractivity contribution < 1.29 is 24.2 Å². The van der Waals surface area contributed by atoms with E-state index >= 15 is 0 Å². The van der Waals surface area contributed by atoms with Crippen molar-refractivity contribution in [1.29, 1.82) is 0 Å². The van der Waals surface area contributed by atoms with Crippen molar-refractivity contribution in [3.63, 3.8) is 0 Å². The van der Waals surface area contributed by atoms with Crippen LogP contribution in [0.3, 0.4) is 0 Å². The van der Waals surface area contributed by atoms with E-state index in [9.17, 15) is 9.59 Å². The van der Waals surface area contributed by atoms with Crippen LogP contribution in [0, 0.1) is 0 Å². The van der Waals surface area contributed by atoms with Crippen molar-refractivity contribution in [2.75, 3.05) is 18.1 Å². The van der Waals surface area contributed by atoms with E-state index in [0.717, 1.165) is 72.2 Å². The highest BCUT2D eigenvalue weighted by Crippen LogP contribution is 2.31. The van der Waals surface area contributed by atoms with Gasteiger partial charge in [-0.2, -0.15) is 0 Å². The fourth-order valence-electron chi connectivity index (χ4n) is 4.94. The molecule has 0 aliphatic heterocycles. The molecule has 1 aromatic heterocycles. The van der Waals surface area contributed by atoms with Gasteiger partial charge < -0.3 is 19.1 Å². The van der Waals surface area contributed by atoms with Crippen LogP contribution in [-0.2, 0) is 17.7 Å². The highest BCUT2D eigenvalue weighted by molar-refractivity contribution is 5.91. The van der Waals surface area contributed by atoms with Crippen LogP contribution in [0.15, 0.2) is 66.7 Å². The zero-order valence-electron chi connectivity index (χ0n) is 24.1. The molecular weight excluding hydrogens is 518 g/mol. The highest BCUT2D eigenvalue weighted by atomic mass is 16.7. The van der Waals surface area contributed by atoms with Gasteiger partial charge in [0.25, 0.3) is 0 Å². The Bertz CT molecular complexity index is 1460. The Balaban J connectivity index is 1.68. The maximum absolute atomic E-state index is 12.9. The Morgan fingerprint density at radius 3 is 2.39 bits per heavy atom. The van der Waals surface area contributed by atoms with E-state index < -0.39 is 6.16 Å². The first-order valence-corrected chi connectivity index (χ1v) is 14.5. The number of anilines is 1. The molecular formula is C33H39N3O5. The van der Waals surface area contributed by atoms with Crippen LogP contribution in [-0.4, -0.2) is 40.1 Å². The standard InChI is InChI=1S/C33H39N3O5/c1-4-7-11-21-35(32(37)40-6-3)26-19-20-28-29(22-26)36(31(34-28)14-8-5-2)23-24-15-17-25(18-16-24)27-12-9-10-13-30(27)41-33(38)39/h9-10,12-13,15-20,22H,4-8,11,14,21,23H2,1-3H3,(H,38,39). The predicted octanol–water partition coefficient (Wildman–Crippen LogP) is 8.30. The quantitative estimate of drug-likeness (QED) is 0.101. The largest absolute Gasteiger partial charge is 0.511 e. The van der Waals surface area contributed by atoms with Gasteiger partial charge in [0.05, 0.1) is 17.6 Å². The number of carbonyl (C=O) groups excluding carboxylic acids is 1. The fourth-order valence-corrected chi connectivity index (χ4v) is 4.94. The van der Waals surface area contributed by atoms with Gasteiger partial charge in [-0.3, -0.25) is 4.90 Å². The minimum absolute atomic E-state index is 0.299. The number of hydrogen-bond acceptors (Lipinski definition) is 5. The van der Waals surface area contributed by atoms with Crippen molar-refractivity contribution in [2.45, 2.75) is 65.8 Å². The van der Waals surface area contributed by atoms with Gasteiger partial charge >= 0.3 is 12.2 Å². The summed E-state index contributed by atoms with van der Waals surface area (Å²) >= 11 is 0. The first-order chi connectivity index (χ1) is 19.9. The van der Waals surface area contributed by atoms with Crippen molar-refractivity contribution in [1.82, 2.24) is 9.55 Å². The number of nitrogens with zero attached hydrogens (tertiary/aromatic N) is 3. The van der Waals surface area contributed by atoms with Gasteiger partial charge in [-0.15, -0.1) is 0 Å². The van der Waals surface area contributed by atoms with Crippen LogP contribution in [0.25, 0.3) is 22.2 Å². The summed E-state index contributed by atoms with van der Waals surface area (Å²) < 4.78 is 12.6. The normalized spacial score (nSPS) is 11.0. The van der Waals surface area contributed by atoms with Gasteiger partial charge in [-0.05, 0) is 55.2 Å².